The van der Waals surface area contributed by atoms with Crippen LogP contribution in [-0.4, -0.2) is 6.61 Å². The maximum atomic E-state index is 12.5. The molecule has 0 N–H and O–H groups in total. The molecule has 23 heavy (non-hydrogen) atoms. The maximum Gasteiger partial charge on any atom is 0.235 e. The van der Waals surface area contributed by atoms with E-state index in [2.05, 4.69) is 0 Å². The SMILES string of the molecule is CCCOc1ccc2c(=O)c(Oc3ccc(Cl)cc3)coc2c1. The smallest absolute Gasteiger partial charge is 0.235 e. The van der Waals surface area contributed by atoms with E-state index in [0.29, 0.717) is 34.1 Å². The lowest BCUT2D eigenvalue weighted by atomic mass is 10.2. The Morgan fingerprint density at radius 3 is 2.57 bits per heavy atom. The molecular weight excluding hydrogens is 316 g/mol. The minimum Gasteiger partial charge on any atom is -0.493 e. The summed E-state index contributed by atoms with van der Waals surface area (Å²) in [5.41, 5.74) is 0.232. The van der Waals surface area contributed by atoms with Gasteiger partial charge in [0.05, 0.1) is 12.0 Å². The van der Waals surface area contributed by atoms with Crippen LogP contribution in [0.5, 0.6) is 17.2 Å². The van der Waals surface area contributed by atoms with Crippen LogP contribution in [0.1, 0.15) is 13.3 Å². The molecular formula is C18H15ClO4. The van der Waals surface area contributed by atoms with Gasteiger partial charge < -0.3 is 13.9 Å². The van der Waals surface area contributed by atoms with Crippen molar-refractivity contribution >= 4 is 22.6 Å². The zero-order chi connectivity index (χ0) is 16.2. The highest BCUT2D eigenvalue weighted by molar-refractivity contribution is 6.30. The third kappa shape index (κ3) is 3.48. The second kappa shape index (κ2) is 6.75. The van der Waals surface area contributed by atoms with Gasteiger partial charge in [-0.2, -0.15) is 0 Å². The van der Waals surface area contributed by atoms with Gasteiger partial charge in [0.25, 0.3) is 0 Å². The van der Waals surface area contributed by atoms with E-state index >= 15 is 0 Å². The second-order valence-corrected chi connectivity index (χ2v) is 5.43. The molecule has 0 amide bonds. The quantitative estimate of drug-likeness (QED) is 0.658. The van der Waals surface area contributed by atoms with Crippen molar-refractivity contribution in [2.24, 2.45) is 0 Å². The van der Waals surface area contributed by atoms with Crippen molar-refractivity contribution in [3.8, 4) is 17.2 Å². The van der Waals surface area contributed by atoms with Gasteiger partial charge in [0.2, 0.25) is 11.2 Å². The lowest BCUT2D eigenvalue weighted by Crippen LogP contribution is -2.05. The summed E-state index contributed by atoms with van der Waals surface area (Å²) in [6.07, 6.45) is 2.22. The number of halogens is 1. The Bertz CT molecular complexity index is 868. The van der Waals surface area contributed by atoms with Crippen LogP contribution in [-0.2, 0) is 0 Å². The van der Waals surface area contributed by atoms with Crippen LogP contribution in [0.15, 0.2) is 57.9 Å². The highest BCUT2D eigenvalue weighted by atomic mass is 35.5. The number of fused-ring (bicyclic) bond motifs is 1. The first-order chi connectivity index (χ1) is 11.2. The normalized spacial score (nSPS) is 10.7. The summed E-state index contributed by atoms with van der Waals surface area (Å²) in [5.74, 6) is 1.32. The van der Waals surface area contributed by atoms with Gasteiger partial charge in [0, 0.05) is 11.1 Å². The summed E-state index contributed by atoms with van der Waals surface area (Å²) >= 11 is 5.83. The molecule has 1 heterocycles. The molecule has 0 unspecified atom stereocenters. The molecule has 0 saturated heterocycles. The molecule has 1 aromatic heterocycles. The molecule has 0 bridgehead atoms. The number of benzene rings is 2. The first-order valence-electron chi connectivity index (χ1n) is 7.29. The van der Waals surface area contributed by atoms with Crippen LogP contribution < -0.4 is 14.9 Å². The summed E-state index contributed by atoms with van der Waals surface area (Å²) < 4.78 is 16.6. The van der Waals surface area contributed by atoms with Crippen molar-refractivity contribution in [2.75, 3.05) is 6.61 Å². The standard InChI is InChI=1S/C18H15ClO4/c1-2-9-21-14-7-8-15-16(10-14)22-11-17(18(15)20)23-13-5-3-12(19)4-6-13/h3-8,10-11H,2,9H2,1H3. The fourth-order valence-corrected chi connectivity index (χ4v) is 2.23. The van der Waals surface area contributed by atoms with Gasteiger partial charge in [-0.3, -0.25) is 4.79 Å². The Balaban J connectivity index is 1.92. The summed E-state index contributed by atoms with van der Waals surface area (Å²) in [7, 11) is 0. The molecule has 118 valence electrons. The summed E-state index contributed by atoms with van der Waals surface area (Å²) in [5, 5.41) is 1.04. The maximum absolute atomic E-state index is 12.5. The Hall–Kier alpha value is -2.46. The molecule has 0 radical (unpaired) electrons. The van der Waals surface area contributed by atoms with Gasteiger partial charge in [-0.1, -0.05) is 18.5 Å². The molecule has 3 aromatic rings. The molecule has 0 spiro atoms. The predicted molar refractivity (Wildman–Crippen MR) is 89.8 cm³/mol. The van der Waals surface area contributed by atoms with E-state index in [9.17, 15) is 4.79 Å². The first kappa shape index (κ1) is 15.4. The molecule has 4 nitrogen and oxygen atoms in total. The van der Waals surface area contributed by atoms with Crippen molar-refractivity contribution in [3.63, 3.8) is 0 Å². The summed E-state index contributed by atoms with van der Waals surface area (Å²) in [6.45, 7) is 2.65. The van der Waals surface area contributed by atoms with Gasteiger partial charge in [0.1, 0.15) is 23.3 Å². The van der Waals surface area contributed by atoms with Crippen LogP contribution in [0.2, 0.25) is 5.02 Å². The van der Waals surface area contributed by atoms with Gasteiger partial charge >= 0.3 is 0 Å². The Morgan fingerprint density at radius 2 is 1.83 bits per heavy atom. The van der Waals surface area contributed by atoms with E-state index < -0.39 is 0 Å². The van der Waals surface area contributed by atoms with Crippen molar-refractivity contribution in [3.05, 3.63) is 64.0 Å². The number of ether oxygens (including phenoxy) is 2. The molecule has 0 aliphatic carbocycles. The van der Waals surface area contributed by atoms with Crippen LogP contribution in [0.4, 0.5) is 0 Å². The van der Waals surface area contributed by atoms with Crippen molar-refractivity contribution < 1.29 is 13.9 Å². The van der Waals surface area contributed by atoms with E-state index in [1.807, 2.05) is 6.92 Å². The van der Waals surface area contributed by atoms with Gasteiger partial charge in [0.15, 0.2) is 0 Å². The van der Waals surface area contributed by atoms with Gasteiger partial charge in [-0.15, -0.1) is 0 Å². The highest BCUT2D eigenvalue weighted by Crippen LogP contribution is 2.24. The van der Waals surface area contributed by atoms with E-state index in [1.165, 1.54) is 6.26 Å². The third-order valence-electron chi connectivity index (χ3n) is 3.23. The highest BCUT2D eigenvalue weighted by Gasteiger charge is 2.10. The fourth-order valence-electron chi connectivity index (χ4n) is 2.10. The average molecular weight is 331 g/mol. The Morgan fingerprint density at radius 1 is 1.09 bits per heavy atom. The predicted octanol–water partition coefficient (Wildman–Crippen LogP) is 5.03. The van der Waals surface area contributed by atoms with Gasteiger partial charge in [-0.05, 0) is 42.8 Å². The zero-order valence-corrected chi connectivity index (χ0v) is 13.3. The Labute approximate surface area is 138 Å². The molecule has 0 saturated carbocycles. The minimum atomic E-state index is -0.233. The third-order valence-corrected chi connectivity index (χ3v) is 3.48. The van der Waals surface area contributed by atoms with Crippen LogP contribution >= 0.6 is 11.6 Å². The largest absolute Gasteiger partial charge is 0.493 e. The zero-order valence-electron chi connectivity index (χ0n) is 12.5. The van der Waals surface area contributed by atoms with E-state index in [1.54, 1.807) is 42.5 Å². The van der Waals surface area contributed by atoms with Crippen LogP contribution in [0, 0.1) is 0 Å². The van der Waals surface area contributed by atoms with Crippen molar-refractivity contribution in [2.45, 2.75) is 13.3 Å². The van der Waals surface area contributed by atoms with Crippen molar-refractivity contribution in [1.82, 2.24) is 0 Å². The van der Waals surface area contributed by atoms with E-state index in [4.69, 9.17) is 25.5 Å². The number of hydrogen-bond acceptors (Lipinski definition) is 4. The van der Waals surface area contributed by atoms with Crippen molar-refractivity contribution in [1.29, 1.82) is 0 Å². The molecule has 0 aliphatic heterocycles. The molecule has 5 heteroatoms. The molecule has 0 atom stereocenters. The lowest BCUT2D eigenvalue weighted by molar-refractivity contribution is 0.317. The molecule has 2 aromatic carbocycles. The molecule has 0 fully saturated rings. The number of rotatable bonds is 5. The summed E-state index contributed by atoms with van der Waals surface area (Å²) in [6, 6.07) is 11.9. The van der Waals surface area contributed by atoms with Crippen LogP contribution in [0.3, 0.4) is 0 Å². The first-order valence-corrected chi connectivity index (χ1v) is 7.67. The minimum absolute atomic E-state index is 0.127. The second-order valence-electron chi connectivity index (χ2n) is 4.99. The topological polar surface area (TPSA) is 48.7 Å². The monoisotopic (exact) mass is 330 g/mol. The number of hydrogen-bond donors (Lipinski definition) is 0. The van der Waals surface area contributed by atoms with Gasteiger partial charge in [-0.25, -0.2) is 0 Å². The fraction of sp³-hybridized carbons (Fsp3) is 0.167. The Kier molecular flexibility index (Phi) is 4.53. The van der Waals surface area contributed by atoms with Crippen LogP contribution in [0.25, 0.3) is 11.0 Å². The lowest BCUT2D eigenvalue weighted by Gasteiger charge is -2.07. The summed E-state index contributed by atoms with van der Waals surface area (Å²) in [4.78, 5) is 12.5. The van der Waals surface area contributed by atoms with E-state index in [-0.39, 0.29) is 11.2 Å². The molecule has 0 aliphatic rings. The molecule has 3 rings (SSSR count). The average Bonchev–Trinajstić information content (AvgIpc) is 2.57. The van der Waals surface area contributed by atoms with E-state index in [0.717, 1.165) is 6.42 Å².